The molecule has 0 aliphatic rings. The van der Waals surface area contributed by atoms with E-state index in [1.54, 1.807) is 6.07 Å². The SMILES string of the molecule is Cc1cc(O)c([C@@H](N)CF)c(C)c1Br.Cl. The van der Waals surface area contributed by atoms with Crippen LogP contribution in [0.1, 0.15) is 22.7 Å². The van der Waals surface area contributed by atoms with Gasteiger partial charge in [0.2, 0.25) is 0 Å². The number of nitrogens with two attached hydrogens (primary N) is 1. The second-order valence-electron chi connectivity index (χ2n) is 3.33. The van der Waals surface area contributed by atoms with Gasteiger partial charge in [-0.3, -0.25) is 0 Å². The first kappa shape index (κ1) is 14.7. The van der Waals surface area contributed by atoms with E-state index in [2.05, 4.69) is 15.9 Å². The minimum absolute atomic E-state index is 0. The quantitative estimate of drug-likeness (QED) is 0.881. The summed E-state index contributed by atoms with van der Waals surface area (Å²) in [7, 11) is 0. The molecule has 0 bridgehead atoms. The van der Waals surface area contributed by atoms with Gasteiger partial charge in [0.25, 0.3) is 0 Å². The number of hydrogen-bond acceptors (Lipinski definition) is 2. The van der Waals surface area contributed by atoms with Crippen molar-refractivity contribution in [1.29, 1.82) is 0 Å². The largest absolute Gasteiger partial charge is 0.508 e. The number of phenols is 1. The van der Waals surface area contributed by atoms with Crippen LogP contribution >= 0.6 is 28.3 Å². The van der Waals surface area contributed by atoms with Crippen molar-refractivity contribution < 1.29 is 9.50 Å². The zero-order valence-corrected chi connectivity index (χ0v) is 11.0. The predicted octanol–water partition coefficient (Wildman–Crippen LogP) is 3.16. The van der Waals surface area contributed by atoms with E-state index in [0.717, 1.165) is 15.6 Å². The molecular weight excluding hydrogens is 284 g/mol. The Balaban J connectivity index is 0.00000196. The summed E-state index contributed by atoms with van der Waals surface area (Å²) in [6, 6.07) is 0.828. The fourth-order valence-corrected chi connectivity index (χ4v) is 1.83. The van der Waals surface area contributed by atoms with Gasteiger partial charge in [-0.1, -0.05) is 15.9 Å². The lowest BCUT2D eigenvalue weighted by atomic mass is 9.99. The summed E-state index contributed by atoms with van der Waals surface area (Å²) in [5.74, 6) is 0.0633. The van der Waals surface area contributed by atoms with Crippen LogP contribution in [0.15, 0.2) is 10.5 Å². The van der Waals surface area contributed by atoms with Crippen molar-refractivity contribution in [2.45, 2.75) is 19.9 Å². The summed E-state index contributed by atoms with van der Waals surface area (Å²) < 4.78 is 13.3. The minimum Gasteiger partial charge on any atom is -0.508 e. The molecule has 0 heterocycles. The third-order valence-corrected chi connectivity index (χ3v) is 3.47. The topological polar surface area (TPSA) is 46.2 Å². The van der Waals surface area contributed by atoms with Crippen LogP contribution in [0.5, 0.6) is 5.75 Å². The molecule has 86 valence electrons. The molecular formula is C10H14BrClFNO. The van der Waals surface area contributed by atoms with Gasteiger partial charge in [-0.15, -0.1) is 12.4 Å². The lowest BCUT2D eigenvalue weighted by Crippen LogP contribution is -2.14. The van der Waals surface area contributed by atoms with Crippen molar-refractivity contribution >= 4 is 28.3 Å². The Morgan fingerprint density at radius 1 is 1.53 bits per heavy atom. The van der Waals surface area contributed by atoms with E-state index < -0.39 is 12.7 Å². The molecule has 5 heteroatoms. The average molecular weight is 299 g/mol. The van der Waals surface area contributed by atoms with Crippen molar-refractivity contribution in [3.8, 4) is 5.75 Å². The number of hydrogen-bond donors (Lipinski definition) is 2. The van der Waals surface area contributed by atoms with Gasteiger partial charge in [0.05, 0.1) is 6.04 Å². The maximum Gasteiger partial charge on any atom is 0.121 e. The smallest absolute Gasteiger partial charge is 0.121 e. The molecule has 2 nitrogen and oxygen atoms in total. The van der Waals surface area contributed by atoms with E-state index in [4.69, 9.17) is 5.73 Å². The molecule has 15 heavy (non-hydrogen) atoms. The molecule has 1 aromatic rings. The molecule has 0 saturated carbocycles. The molecule has 0 aromatic heterocycles. The Bertz CT molecular complexity index is 360. The summed E-state index contributed by atoms with van der Waals surface area (Å²) in [5, 5.41) is 9.63. The highest BCUT2D eigenvalue weighted by atomic mass is 79.9. The molecule has 0 fully saturated rings. The van der Waals surface area contributed by atoms with Gasteiger partial charge in [0, 0.05) is 10.0 Å². The number of alkyl halides is 1. The molecule has 0 spiro atoms. The predicted molar refractivity (Wildman–Crippen MR) is 65.4 cm³/mol. The van der Waals surface area contributed by atoms with Crippen molar-refractivity contribution in [3.05, 3.63) is 27.2 Å². The van der Waals surface area contributed by atoms with Gasteiger partial charge in [-0.05, 0) is 31.0 Å². The van der Waals surface area contributed by atoms with E-state index in [1.165, 1.54) is 0 Å². The van der Waals surface area contributed by atoms with Crippen molar-refractivity contribution in [2.75, 3.05) is 6.67 Å². The van der Waals surface area contributed by atoms with Crippen LogP contribution in [-0.4, -0.2) is 11.8 Å². The first-order valence-electron chi connectivity index (χ1n) is 4.29. The summed E-state index contributed by atoms with van der Waals surface area (Å²) >= 11 is 3.37. The Morgan fingerprint density at radius 3 is 2.53 bits per heavy atom. The zero-order chi connectivity index (χ0) is 10.9. The Kier molecular flexibility index (Phi) is 5.56. The van der Waals surface area contributed by atoms with Crippen LogP contribution in [0.4, 0.5) is 4.39 Å². The summed E-state index contributed by atoms with van der Waals surface area (Å²) in [4.78, 5) is 0. The van der Waals surface area contributed by atoms with Crippen LogP contribution in [0.25, 0.3) is 0 Å². The van der Waals surface area contributed by atoms with Gasteiger partial charge >= 0.3 is 0 Å². The first-order valence-corrected chi connectivity index (χ1v) is 5.08. The van der Waals surface area contributed by atoms with Gasteiger partial charge < -0.3 is 10.8 Å². The lowest BCUT2D eigenvalue weighted by Gasteiger charge is -2.16. The number of halogens is 3. The van der Waals surface area contributed by atoms with Crippen LogP contribution < -0.4 is 5.73 Å². The van der Waals surface area contributed by atoms with Gasteiger partial charge in [0.15, 0.2) is 0 Å². The second kappa shape index (κ2) is 5.68. The van der Waals surface area contributed by atoms with E-state index in [1.807, 2.05) is 13.8 Å². The van der Waals surface area contributed by atoms with Gasteiger partial charge in [-0.25, -0.2) is 4.39 Å². The summed E-state index contributed by atoms with van der Waals surface area (Å²) in [6.07, 6.45) is 0. The third-order valence-electron chi connectivity index (χ3n) is 2.25. The molecule has 0 aliphatic heterocycles. The Hall–Kier alpha value is -0.320. The lowest BCUT2D eigenvalue weighted by molar-refractivity contribution is 0.413. The van der Waals surface area contributed by atoms with Crippen molar-refractivity contribution in [2.24, 2.45) is 5.73 Å². The standard InChI is InChI=1S/C10H13BrFNO.ClH/c1-5-3-8(14)9(7(13)4-12)6(2)10(5)11;/h3,7,14H,4,13H2,1-2H3;1H/t7-;/m0./s1. The normalized spacial score (nSPS) is 12.1. The van der Waals surface area contributed by atoms with E-state index in [-0.39, 0.29) is 18.2 Å². The number of benzene rings is 1. The molecule has 0 aliphatic carbocycles. The maximum absolute atomic E-state index is 12.4. The highest BCUT2D eigenvalue weighted by Gasteiger charge is 2.16. The average Bonchev–Trinajstić information content (AvgIpc) is 2.14. The fraction of sp³-hybridized carbons (Fsp3) is 0.400. The molecule has 1 aromatic carbocycles. The number of rotatable bonds is 2. The number of aromatic hydroxyl groups is 1. The van der Waals surface area contributed by atoms with Gasteiger partial charge in [-0.2, -0.15) is 0 Å². The van der Waals surface area contributed by atoms with Crippen LogP contribution in [0, 0.1) is 13.8 Å². The molecule has 0 unspecified atom stereocenters. The monoisotopic (exact) mass is 297 g/mol. The van der Waals surface area contributed by atoms with Crippen LogP contribution in [0.2, 0.25) is 0 Å². The first-order chi connectivity index (χ1) is 6.49. The molecule has 0 radical (unpaired) electrons. The zero-order valence-electron chi connectivity index (χ0n) is 8.55. The van der Waals surface area contributed by atoms with E-state index in [0.29, 0.717) is 5.56 Å². The summed E-state index contributed by atoms with van der Waals surface area (Å²) in [6.45, 7) is 2.99. The highest BCUT2D eigenvalue weighted by molar-refractivity contribution is 9.10. The molecule has 0 amide bonds. The van der Waals surface area contributed by atoms with Crippen molar-refractivity contribution in [3.63, 3.8) is 0 Å². The highest BCUT2D eigenvalue weighted by Crippen LogP contribution is 2.34. The molecule has 1 rings (SSSR count). The third kappa shape index (κ3) is 2.83. The molecule has 0 saturated heterocycles. The Morgan fingerprint density at radius 2 is 2.07 bits per heavy atom. The van der Waals surface area contributed by atoms with Crippen LogP contribution in [-0.2, 0) is 0 Å². The number of aryl methyl sites for hydroxylation is 1. The maximum atomic E-state index is 12.4. The minimum atomic E-state index is -0.758. The van der Waals surface area contributed by atoms with Crippen LogP contribution in [0.3, 0.4) is 0 Å². The fourth-order valence-electron chi connectivity index (χ4n) is 1.50. The van der Waals surface area contributed by atoms with Gasteiger partial charge in [0.1, 0.15) is 12.4 Å². The summed E-state index contributed by atoms with van der Waals surface area (Å²) in [5.41, 5.74) is 7.75. The molecule has 3 N–H and O–H groups in total. The molecule has 1 atom stereocenters. The Labute approximate surface area is 103 Å². The van der Waals surface area contributed by atoms with E-state index >= 15 is 0 Å². The second-order valence-corrected chi connectivity index (χ2v) is 4.12. The van der Waals surface area contributed by atoms with Crippen molar-refractivity contribution in [1.82, 2.24) is 0 Å². The number of phenolic OH excluding ortho intramolecular Hbond substituents is 1. The van der Waals surface area contributed by atoms with E-state index in [9.17, 15) is 9.50 Å².